The molecule has 2 rings (SSSR count). The molecule has 0 unspecified atom stereocenters. The minimum Gasteiger partial charge on any atom is -0.444 e. The number of hydrogen-bond donors (Lipinski definition) is 0. The normalized spacial score (nSPS) is 20.6. The minimum absolute atomic E-state index is 0.123. The smallest absolute Gasteiger partial charge is 0.410 e. The first kappa shape index (κ1) is 11.8. The van der Waals surface area contributed by atoms with E-state index in [1.54, 1.807) is 4.90 Å². The van der Waals surface area contributed by atoms with Crippen LogP contribution in [0.4, 0.5) is 4.79 Å². The molecule has 0 N–H and O–H groups in total. The standard InChI is InChI=1S/C10H16N5O2/c1-10(2,3)17-9(16)15-5-4-7(6-15)8-11-13-14-12-8/h7H,4-6H2,1-3H3/q-1/t7-/m0/s1. The molecular formula is C10H16N5O2-. The molecule has 94 valence electrons. The van der Waals surface area contributed by atoms with Gasteiger partial charge in [-0.05, 0) is 27.2 Å². The zero-order chi connectivity index (χ0) is 12.5. The highest BCUT2D eigenvalue weighted by Crippen LogP contribution is 2.24. The first-order chi connectivity index (χ1) is 7.96. The Kier molecular flexibility index (Phi) is 2.99. The third-order valence-corrected chi connectivity index (χ3v) is 2.54. The van der Waals surface area contributed by atoms with Crippen LogP contribution >= 0.6 is 0 Å². The molecule has 0 radical (unpaired) electrons. The minimum atomic E-state index is -0.463. The fraction of sp³-hybridized carbons (Fsp3) is 0.800. The Bertz CT molecular complexity index is 384. The van der Waals surface area contributed by atoms with Gasteiger partial charge in [-0.1, -0.05) is 0 Å². The van der Waals surface area contributed by atoms with Crippen molar-refractivity contribution >= 4 is 6.09 Å². The van der Waals surface area contributed by atoms with Gasteiger partial charge in [-0.2, -0.15) is 5.21 Å². The monoisotopic (exact) mass is 238 g/mol. The average molecular weight is 238 g/mol. The van der Waals surface area contributed by atoms with Gasteiger partial charge in [0, 0.05) is 24.8 Å². The molecule has 1 amide bonds. The molecule has 0 aromatic carbocycles. The molecule has 1 aromatic heterocycles. The number of carbonyl (C=O) groups is 1. The van der Waals surface area contributed by atoms with Gasteiger partial charge in [0.15, 0.2) is 0 Å². The molecule has 2 heterocycles. The van der Waals surface area contributed by atoms with Crippen molar-refractivity contribution in [1.82, 2.24) is 25.5 Å². The zero-order valence-electron chi connectivity index (χ0n) is 10.3. The number of hydrogen-bond acceptors (Lipinski definition) is 5. The van der Waals surface area contributed by atoms with Gasteiger partial charge in [0.1, 0.15) is 5.60 Å². The van der Waals surface area contributed by atoms with Gasteiger partial charge in [0.25, 0.3) is 0 Å². The van der Waals surface area contributed by atoms with E-state index < -0.39 is 5.60 Å². The first-order valence-electron chi connectivity index (χ1n) is 5.62. The molecule has 1 atom stereocenters. The summed E-state index contributed by atoms with van der Waals surface area (Å²) in [4.78, 5) is 13.5. The summed E-state index contributed by atoms with van der Waals surface area (Å²) >= 11 is 0. The number of rotatable bonds is 1. The SMILES string of the molecule is CC(C)(C)OC(=O)N1CC[C@H](c2nnn[n-]2)C1. The molecule has 1 aliphatic rings. The Morgan fingerprint density at radius 1 is 1.53 bits per heavy atom. The average Bonchev–Trinajstić information content (AvgIpc) is 2.86. The first-order valence-corrected chi connectivity index (χ1v) is 5.62. The van der Waals surface area contributed by atoms with Gasteiger partial charge in [-0.3, -0.25) is 10.3 Å². The number of ether oxygens (including phenoxy) is 1. The Hall–Kier alpha value is -1.66. The van der Waals surface area contributed by atoms with Crippen molar-refractivity contribution in [2.45, 2.75) is 38.7 Å². The van der Waals surface area contributed by atoms with Crippen molar-refractivity contribution in [2.24, 2.45) is 0 Å². The van der Waals surface area contributed by atoms with Crippen LogP contribution in [0.2, 0.25) is 0 Å². The van der Waals surface area contributed by atoms with Crippen molar-refractivity contribution in [1.29, 1.82) is 0 Å². The van der Waals surface area contributed by atoms with Crippen molar-refractivity contribution in [3.63, 3.8) is 0 Å². The summed E-state index contributed by atoms with van der Waals surface area (Å²) in [5.41, 5.74) is -0.463. The quantitative estimate of drug-likeness (QED) is 0.710. The number of nitrogens with zero attached hydrogens (tertiary/aromatic N) is 5. The third kappa shape index (κ3) is 2.92. The van der Waals surface area contributed by atoms with E-state index in [1.807, 2.05) is 20.8 Å². The van der Waals surface area contributed by atoms with Crippen molar-refractivity contribution in [3.05, 3.63) is 5.82 Å². The highest BCUT2D eigenvalue weighted by molar-refractivity contribution is 5.68. The fourth-order valence-corrected chi connectivity index (χ4v) is 1.78. The van der Waals surface area contributed by atoms with E-state index in [0.29, 0.717) is 18.9 Å². The molecule has 7 nitrogen and oxygen atoms in total. The molecule has 1 aliphatic heterocycles. The number of carbonyl (C=O) groups excluding carboxylic acids is 1. The number of aromatic nitrogens is 4. The van der Waals surface area contributed by atoms with E-state index in [9.17, 15) is 4.79 Å². The lowest BCUT2D eigenvalue weighted by Gasteiger charge is -2.24. The zero-order valence-corrected chi connectivity index (χ0v) is 10.3. The molecular weight excluding hydrogens is 222 g/mol. The van der Waals surface area contributed by atoms with Crippen LogP contribution in [0.3, 0.4) is 0 Å². The van der Waals surface area contributed by atoms with Gasteiger partial charge >= 0.3 is 6.09 Å². The van der Waals surface area contributed by atoms with E-state index in [0.717, 1.165) is 6.42 Å². The van der Waals surface area contributed by atoms with Gasteiger partial charge in [0.05, 0.1) is 0 Å². The number of amides is 1. The Morgan fingerprint density at radius 2 is 2.29 bits per heavy atom. The van der Waals surface area contributed by atoms with Gasteiger partial charge in [-0.15, -0.1) is 0 Å². The second-order valence-corrected chi connectivity index (χ2v) is 5.15. The molecule has 7 heteroatoms. The number of likely N-dealkylation sites (tertiary alicyclic amines) is 1. The van der Waals surface area contributed by atoms with E-state index in [1.165, 1.54) is 0 Å². The number of tetrazole rings is 1. The van der Waals surface area contributed by atoms with E-state index in [2.05, 4.69) is 20.6 Å². The molecule has 0 spiro atoms. The summed E-state index contributed by atoms with van der Waals surface area (Å²) in [7, 11) is 0. The lowest BCUT2D eigenvalue weighted by molar-refractivity contribution is 0.0292. The molecule has 1 fully saturated rings. The third-order valence-electron chi connectivity index (χ3n) is 2.54. The van der Waals surface area contributed by atoms with Gasteiger partial charge < -0.3 is 14.7 Å². The fourth-order valence-electron chi connectivity index (χ4n) is 1.78. The van der Waals surface area contributed by atoms with Crippen molar-refractivity contribution in [3.8, 4) is 0 Å². The van der Waals surface area contributed by atoms with Crippen LogP contribution in [-0.4, -0.2) is 45.2 Å². The summed E-state index contributed by atoms with van der Waals surface area (Å²) < 4.78 is 5.30. The highest BCUT2D eigenvalue weighted by atomic mass is 16.6. The molecule has 0 aliphatic carbocycles. The summed E-state index contributed by atoms with van der Waals surface area (Å²) in [5.74, 6) is 0.730. The van der Waals surface area contributed by atoms with Crippen LogP contribution in [0.15, 0.2) is 0 Å². The van der Waals surface area contributed by atoms with Gasteiger partial charge in [-0.25, -0.2) is 4.79 Å². The second-order valence-electron chi connectivity index (χ2n) is 5.15. The summed E-state index contributed by atoms with van der Waals surface area (Å²) in [6.45, 7) is 6.79. The maximum Gasteiger partial charge on any atom is 0.410 e. The van der Waals surface area contributed by atoms with Crippen LogP contribution in [0, 0.1) is 0 Å². The van der Waals surface area contributed by atoms with Crippen LogP contribution in [-0.2, 0) is 4.74 Å². The summed E-state index contributed by atoms with van der Waals surface area (Å²) in [6.07, 6.45) is 0.541. The van der Waals surface area contributed by atoms with Crippen LogP contribution in [0.5, 0.6) is 0 Å². The molecule has 0 bridgehead atoms. The van der Waals surface area contributed by atoms with E-state index in [4.69, 9.17) is 4.74 Å². The molecule has 1 aromatic rings. The molecule has 1 saturated heterocycles. The Labute approximate surface area is 99.5 Å². The van der Waals surface area contributed by atoms with E-state index >= 15 is 0 Å². The van der Waals surface area contributed by atoms with Crippen LogP contribution in [0.1, 0.15) is 38.9 Å². The largest absolute Gasteiger partial charge is 0.444 e. The van der Waals surface area contributed by atoms with Crippen LogP contribution < -0.4 is 5.10 Å². The lowest BCUT2D eigenvalue weighted by atomic mass is 10.1. The topological polar surface area (TPSA) is 82.3 Å². The lowest BCUT2D eigenvalue weighted by Crippen LogP contribution is -2.35. The Morgan fingerprint density at radius 3 is 2.88 bits per heavy atom. The summed E-state index contributed by atoms with van der Waals surface area (Å²) in [6, 6.07) is 0. The predicted molar refractivity (Wildman–Crippen MR) is 58.3 cm³/mol. The maximum absolute atomic E-state index is 11.8. The Balaban J connectivity index is 1.92. The highest BCUT2D eigenvalue weighted by Gasteiger charge is 2.30. The maximum atomic E-state index is 11.8. The van der Waals surface area contributed by atoms with Crippen molar-refractivity contribution < 1.29 is 9.53 Å². The van der Waals surface area contributed by atoms with Crippen LogP contribution in [0.25, 0.3) is 0 Å². The molecule has 17 heavy (non-hydrogen) atoms. The molecule has 0 saturated carbocycles. The second kappa shape index (κ2) is 4.31. The van der Waals surface area contributed by atoms with Gasteiger partial charge in [0.2, 0.25) is 0 Å². The van der Waals surface area contributed by atoms with Crippen molar-refractivity contribution in [2.75, 3.05) is 13.1 Å². The van der Waals surface area contributed by atoms with E-state index in [-0.39, 0.29) is 12.0 Å². The summed E-state index contributed by atoms with van der Waals surface area (Å²) in [5, 5.41) is 14.5. The predicted octanol–water partition coefficient (Wildman–Crippen LogP) is 0.553.